The van der Waals surface area contributed by atoms with E-state index in [0.717, 1.165) is 10.7 Å². The van der Waals surface area contributed by atoms with E-state index in [0.29, 0.717) is 31.9 Å². The van der Waals surface area contributed by atoms with Gasteiger partial charge in [0.2, 0.25) is 5.13 Å². The van der Waals surface area contributed by atoms with Gasteiger partial charge in [0.05, 0.1) is 0 Å². The molecule has 1 amide bonds. The number of nitrogens with zero attached hydrogens (tertiary/aromatic N) is 4. The highest BCUT2D eigenvalue weighted by atomic mass is 35.5. The topological polar surface area (TPSA) is 49.3 Å². The van der Waals surface area contributed by atoms with Crippen LogP contribution in [0, 0.1) is 5.82 Å². The van der Waals surface area contributed by atoms with E-state index in [1.165, 1.54) is 23.7 Å². The zero-order valence-corrected chi connectivity index (χ0v) is 15.9. The molecule has 3 rings (SSSR count). The Balaban J connectivity index is 1.63. The van der Waals surface area contributed by atoms with Crippen molar-refractivity contribution in [3.8, 4) is 0 Å². The van der Waals surface area contributed by atoms with Crippen LogP contribution in [-0.4, -0.2) is 50.7 Å². The molecular weight excluding hydrogens is 386 g/mol. The molecule has 1 atom stereocenters. The number of aromatic nitrogens is 2. The number of anilines is 1. The van der Waals surface area contributed by atoms with Crippen LogP contribution in [0.15, 0.2) is 24.3 Å². The normalized spacial score (nSPS) is 18.0. The van der Waals surface area contributed by atoms with Crippen molar-refractivity contribution in [1.29, 1.82) is 0 Å². The molecule has 0 saturated carbocycles. The fourth-order valence-electron chi connectivity index (χ4n) is 2.81. The molecule has 0 aliphatic carbocycles. The van der Waals surface area contributed by atoms with Gasteiger partial charge in [-0.15, -0.1) is 0 Å². The van der Waals surface area contributed by atoms with E-state index in [4.69, 9.17) is 23.2 Å². The molecule has 25 heavy (non-hydrogen) atoms. The Bertz CT molecular complexity index is 740. The molecule has 0 unspecified atom stereocenters. The lowest BCUT2D eigenvalue weighted by atomic mass is 10.1. The third kappa shape index (κ3) is 4.40. The van der Waals surface area contributed by atoms with Crippen LogP contribution in [0.25, 0.3) is 0 Å². The first kappa shape index (κ1) is 18.4. The molecule has 1 fully saturated rings. The third-order valence-electron chi connectivity index (χ3n) is 4.10. The molecule has 1 aromatic heterocycles. The summed E-state index contributed by atoms with van der Waals surface area (Å²) in [5, 5.41) is 0.823. The van der Waals surface area contributed by atoms with Gasteiger partial charge in [-0.2, -0.15) is 4.37 Å². The Morgan fingerprint density at radius 3 is 2.72 bits per heavy atom. The van der Waals surface area contributed by atoms with Gasteiger partial charge in [-0.1, -0.05) is 35.3 Å². The van der Waals surface area contributed by atoms with E-state index in [2.05, 4.69) is 14.3 Å². The fraction of sp³-hybridized carbons (Fsp3) is 0.438. The van der Waals surface area contributed by atoms with E-state index in [9.17, 15) is 9.18 Å². The molecular formula is C16H17Cl2FN4OS. The number of amides is 1. The van der Waals surface area contributed by atoms with Crippen LogP contribution >= 0.6 is 34.7 Å². The summed E-state index contributed by atoms with van der Waals surface area (Å²) >= 11 is 12.7. The largest absolute Gasteiger partial charge is 0.343 e. The number of carbonyl (C=O) groups is 1. The van der Waals surface area contributed by atoms with E-state index in [1.54, 1.807) is 17.0 Å². The average molecular weight is 403 g/mol. The van der Waals surface area contributed by atoms with Crippen LogP contribution in [0.4, 0.5) is 9.52 Å². The minimum atomic E-state index is -1.03. The summed E-state index contributed by atoms with van der Waals surface area (Å²) < 4.78 is 17.4. The number of hydrogen-bond donors (Lipinski definition) is 0. The molecule has 2 heterocycles. The summed E-state index contributed by atoms with van der Waals surface area (Å²) in [6.45, 7) is 3.81. The first-order chi connectivity index (χ1) is 11.9. The SMILES string of the molecule is C[C@@H]1CN(c2nc(Cc3ccc(F)cc3)ns2)CCN1C(=O)C(Cl)Cl. The van der Waals surface area contributed by atoms with Crippen LogP contribution in [0.2, 0.25) is 0 Å². The monoisotopic (exact) mass is 402 g/mol. The molecule has 1 saturated heterocycles. The average Bonchev–Trinajstić information content (AvgIpc) is 3.04. The molecule has 0 spiro atoms. The van der Waals surface area contributed by atoms with Crippen molar-refractivity contribution in [2.75, 3.05) is 24.5 Å². The summed E-state index contributed by atoms with van der Waals surface area (Å²) in [6, 6.07) is 6.32. The second-order valence-corrected chi connectivity index (χ2v) is 7.75. The first-order valence-electron chi connectivity index (χ1n) is 7.84. The number of alkyl halides is 2. The lowest BCUT2D eigenvalue weighted by molar-refractivity contribution is -0.131. The number of carbonyl (C=O) groups excluding carboxylic acids is 1. The Morgan fingerprint density at radius 2 is 2.08 bits per heavy atom. The molecule has 1 aliphatic rings. The lowest BCUT2D eigenvalue weighted by Crippen LogP contribution is -2.55. The van der Waals surface area contributed by atoms with Gasteiger partial charge < -0.3 is 9.80 Å². The van der Waals surface area contributed by atoms with Gasteiger partial charge in [-0.3, -0.25) is 4.79 Å². The Kier molecular flexibility index (Phi) is 5.76. The van der Waals surface area contributed by atoms with Gasteiger partial charge in [0.1, 0.15) is 11.6 Å². The highest BCUT2D eigenvalue weighted by Crippen LogP contribution is 2.23. The summed E-state index contributed by atoms with van der Waals surface area (Å²) in [5.74, 6) is 0.192. The second-order valence-electron chi connectivity index (χ2n) is 5.92. The van der Waals surface area contributed by atoms with E-state index >= 15 is 0 Å². The summed E-state index contributed by atoms with van der Waals surface area (Å²) in [6.07, 6.45) is 0.560. The minimum Gasteiger partial charge on any atom is -0.343 e. The summed E-state index contributed by atoms with van der Waals surface area (Å²) in [7, 11) is 0. The van der Waals surface area contributed by atoms with Crippen LogP contribution in [0.5, 0.6) is 0 Å². The number of rotatable bonds is 4. The Labute approximate surface area is 159 Å². The molecule has 134 valence electrons. The smallest absolute Gasteiger partial charge is 0.256 e. The van der Waals surface area contributed by atoms with Crippen molar-refractivity contribution in [2.24, 2.45) is 0 Å². The zero-order valence-electron chi connectivity index (χ0n) is 13.5. The van der Waals surface area contributed by atoms with Crippen LogP contribution in [-0.2, 0) is 11.2 Å². The maximum absolute atomic E-state index is 13.0. The van der Waals surface area contributed by atoms with Gasteiger partial charge in [0.15, 0.2) is 4.84 Å². The van der Waals surface area contributed by atoms with Gasteiger partial charge in [0.25, 0.3) is 5.91 Å². The molecule has 1 aromatic carbocycles. The highest BCUT2D eigenvalue weighted by Gasteiger charge is 2.31. The van der Waals surface area contributed by atoms with Crippen molar-refractivity contribution in [2.45, 2.75) is 24.2 Å². The standard InChI is InChI=1S/C16H17Cl2FN4OS/c1-10-9-22(6-7-23(10)15(24)14(17)18)16-20-13(21-25-16)8-11-2-4-12(19)5-3-11/h2-5,10,14H,6-9H2,1H3/t10-/m1/s1. The molecule has 5 nitrogen and oxygen atoms in total. The van der Waals surface area contributed by atoms with Crippen molar-refractivity contribution in [3.05, 3.63) is 41.5 Å². The summed E-state index contributed by atoms with van der Waals surface area (Å²) in [5.41, 5.74) is 0.963. The Hall–Kier alpha value is -1.44. The van der Waals surface area contributed by atoms with Gasteiger partial charge in [-0.25, -0.2) is 9.37 Å². The number of benzene rings is 1. The molecule has 2 aromatic rings. The van der Waals surface area contributed by atoms with E-state index in [-0.39, 0.29) is 17.8 Å². The zero-order chi connectivity index (χ0) is 18.0. The van der Waals surface area contributed by atoms with Crippen molar-refractivity contribution >= 4 is 45.8 Å². The number of piperazine rings is 1. The maximum Gasteiger partial charge on any atom is 0.256 e. The predicted molar refractivity (Wildman–Crippen MR) is 98.0 cm³/mol. The molecule has 0 radical (unpaired) electrons. The fourth-order valence-corrected chi connectivity index (χ4v) is 3.78. The maximum atomic E-state index is 13.0. The van der Waals surface area contributed by atoms with Crippen molar-refractivity contribution in [3.63, 3.8) is 0 Å². The van der Waals surface area contributed by atoms with Gasteiger partial charge >= 0.3 is 0 Å². The van der Waals surface area contributed by atoms with Crippen LogP contribution in [0.1, 0.15) is 18.3 Å². The molecule has 1 aliphatic heterocycles. The van der Waals surface area contributed by atoms with E-state index in [1.807, 2.05) is 6.92 Å². The van der Waals surface area contributed by atoms with Crippen molar-refractivity contribution in [1.82, 2.24) is 14.3 Å². The second kappa shape index (κ2) is 7.85. The lowest BCUT2D eigenvalue weighted by Gasteiger charge is -2.39. The number of hydrogen-bond acceptors (Lipinski definition) is 5. The van der Waals surface area contributed by atoms with E-state index < -0.39 is 4.84 Å². The number of halogens is 3. The predicted octanol–water partition coefficient (Wildman–Crippen LogP) is 3.11. The molecule has 0 N–H and O–H groups in total. The van der Waals surface area contributed by atoms with Gasteiger partial charge in [0, 0.05) is 43.6 Å². The van der Waals surface area contributed by atoms with Crippen molar-refractivity contribution < 1.29 is 9.18 Å². The molecule has 0 bridgehead atoms. The third-order valence-corrected chi connectivity index (χ3v) is 5.29. The Morgan fingerprint density at radius 1 is 1.36 bits per heavy atom. The first-order valence-corrected chi connectivity index (χ1v) is 9.49. The quantitative estimate of drug-likeness (QED) is 0.737. The van der Waals surface area contributed by atoms with Crippen LogP contribution in [0.3, 0.4) is 0 Å². The summed E-state index contributed by atoms with van der Waals surface area (Å²) in [4.78, 5) is 19.3. The van der Waals surface area contributed by atoms with Crippen LogP contribution < -0.4 is 4.90 Å². The minimum absolute atomic E-state index is 0.00861. The highest BCUT2D eigenvalue weighted by molar-refractivity contribution is 7.09. The molecule has 9 heteroatoms. The van der Waals surface area contributed by atoms with Gasteiger partial charge in [-0.05, 0) is 24.6 Å².